The van der Waals surface area contributed by atoms with Crippen molar-refractivity contribution in [2.45, 2.75) is 63.1 Å². The zero-order chi connectivity index (χ0) is 12.1. The first kappa shape index (κ1) is 13.3. The molecule has 0 bridgehead atoms. The van der Waals surface area contributed by atoms with Gasteiger partial charge in [-0.25, -0.2) is 0 Å². The zero-order valence-corrected chi connectivity index (χ0v) is 11.0. The SMILES string of the molecule is COCCC(O)C1CCOC2(CCCCC2)C1. The van der Waals surface area contributed by atoms with Gasteiger partial charge in [0.25, 0.3) is 0 Å². The van der Waals surface area contributed by atoms with E-state index in [0.29, 0.717) is 12.5 Å². The van der Waals surface area contributed by atoms with E-state index in [1.165, 1.54) is 32.1 Å². The highest BCUT2D eigenvalue weighted by atomic mass is 16.5. The molecule has 0 aromatic heterocycles. The van der Waals surface area contributed by atoms with Gasteiger partial charge in [-0.15, -0.1) is 0 Å². The molecule has 2 unspecified atom stereocenters. The Kier molecular flexibility index (Phi) is 4.83. The van der Waals surface area contributed by atoms with E-state index >= 15 is 0 Å². The topological polar surface area (TPSA) is 38.7 Å². The summed E-state index contributed by atoms with van der Waals surface area (Å²) in [4.78, 5) is 0. The summed E-state index contributed by atoms with van der Waals surface area (Å²) in [5.74, 6) is 0.414. The van der Waals surface area contributed by atoms with Gasteiger partial charge in [0.15, 0.2) is 0 Å². The first-order chi connectivity index (χ1) is 8.26. The Morgan fingerprint density at radius 1 is 1.35 bits per heavy atom. The summed E-state index contributed by atoms with van der Waals surface area (Å²) in [6.45, 7) is 1.49. The summed E-state index contributed by atoms with van der Waals surface area (Å²) in [7, 11) is 1.69. The molecule has 2 atom stereocenters. The van der Waals surface area contributed by atoms with Crippen LogP contribution in [0.3, 0.4) is 0 Å². The molecule has 1 saturated carbocycles. The van der Waals surface area contributed by atoms with Crippen molar-refractivity contribution in [1.29, 1.82) is 0 Å². The van der Waals surface area contributed by atoms with Gasteiger partial charge < -0.3 is 14.6 Å². The van der Waals surface area contributed by atoms with Crippen LogP contribution in [0, 0.1) is 5.92 Å². The third-order valence-electron chi connectivity index (χ3n) is 4.46. The van der Waals surface area contributed by atoms with E-state index in [0.717, 1.165) is 25.9 Å². The van der Waals surface area contributed by atoms with E-state index in [1.807, 2.05) is 0 Å². The van der Waals surface area contributed by atoms with Crippen LogP contribution in [-0.4, -0.2) is 37.1 Å². The second kappa shape index (κ2) is 6.17. The molecule has 1 N–H and O–H groups in total. The van der Waals surface area contributed by atoms with Crippen molar-refractivity contribution in [3.8, 4) is 0 Å². The summed E-state index contributed by atoms with van der Waals surface area (Å²) < 4.78 is 11.1. The zero-order valence-electron chi connectivity index (χ0n) is 11.0. The summed E-state index contributed by atoms with van der Waals surface area (Å²) in [6, 6.07) is 0. The molecule has 17 heavy (non-hydrogen) atoms. The van der Waals surface area contributed by atoms with Crippen molar-refractivity contribution < 1.29 is 14.6 Å². The molecule has 0 aromatic rings. The van der Waals surface area contributed by atoms with E-state index < -0.39 is 0 Å². The lowest BCUT2D eigenvalue weighted by Gasteiger charge is -2.44. The normalized spacial score (nSPS) is 30.4. The molecule has 0 aromatic carbocycles. The molecule has 1 aliphatic heterocycles. The van der Waals surface area contributed by atoms with Gasteiger partial charge in [0.1, 0.15) is 0 Å². The first-order valence-corrected chi connectivity index (χ1v) is 7.07. The number of aliphatic hydroxyl groups excluding tert-OH is 1. The predicted molar refractivity (Wildman–Crippen MR) is 67.0 cm³/mol. The molecular formula is C14H26O3. The Bertz CT molecular complexity index is 218. The molecule has 0 radical (unpaired) electrons. The number of hydrogen-bond donors (Lipinski definition) is 1. The molecule has 3 heteroatoms. The van der Waals surface area contributed by atoms with Crippen molar-refractivity contribution in [3.05, 3.63) is 0 Å². The smallest absolute Gasteiger partial charge is 0.0686 e. The van der Waals surface area contributed by atoms with Gasteiger partial charge >= 0.3 is 0 Å². The highest BCUT2D eigenvalue weighted by Gasteiger charge is 2.40. The molecule has 1 saturated heterocycles. The van der Waals surface area contributed by atoms with Crippen molar-refractivity contribution >= 4 is 0 Å². The van der Waals surface area contributed by atoms with E-state index in [-0.39, 0.29) is 11.7 Å². The fourth-order valence-electron chi connectivity index (χ4n) is 3.41. The summed E-state index contributed by atoms with van der Waals surface area (Å²) in [5.41, 5.74) is 0.106. The second-order valence-electron chi connectivity index (χ2n) is 5.69. The Hall–Kier alpha value is -0.120. The van der Waals surface area contributed by atoms with E-state index in [2.05, 4.69) is 0 Å². The van der Waals surface area contributed by atoms with Crippen molar-refractivity contribution in [1.82, 2.24) is 0 Å². The van der Waals surface area contributed by atoms with Gasteiger partial charge in [0.2, 0.25) is 0 Å². The maximum Gasteiger partial charge on any atom is 0.0686 e. The first-order valence-electron chi connectivity index (χ1n) is 7.07. The fourth-order valence-corrected chi connectivity index (χ4v) is 3.41. The van der Waals surface area contributed by atoms with E-state index in [4.69, 9.17) is 9.47 Å². The quantitative estimate of drug-likeness (QED) is 0.823. The van der Waals surface area contributed by atoms with Gasteiger partial charge in [-0.2, -0.15) is 0 Å². The number of aliphatic hydroxyl groups is 1. The van der Waals surface area contributed by atoms with Crippen LogP contribution in [0.25, 0.3) is 0 Å². The molecule has 1 spiro atoms. The van der Waals surface area contributed by atoms with Crippen molar-refractivity contribution in [2.75, 3.05) is 20.3 Å². The molecule has 1 aliphatic carbocycles. The second-order valence-corrected chi connectivity index (χ2v) is 5.69. The number of hydrogen-bond acceptors (Lipinski definition) is 3. The van der Waals surface area contributed by atoms with Gasteiger partial charge in [-0.05, 0) is 38.0 Å². The van der Waals surface area contributed by atoms with Crippen LogP contribution in [0.4, 0.5) is 0 Å². The summed E-state index contributed by atoms with van der Waals surface area (Å²) in [5, 5.41) is 10.2. The van der Waals surface area contributed by atoms with Gasteiger partial charge in [0.05, 0.1) is 11.7 Å². The van der Waals surface area contributed by atoms with Crippen LogP contribution in [0.15, 0.2) is 0 Å². The van der Waals surface area contributed by atoms with E-state index in [9.17, 15) is 5.11 Å². The Morgan fingerprint density at radius 2 is 2.12 bits per heavy atom. The summed E-state index contributed by atoms with van der Waals surface area (Å²) >= 11 is 0. The average molecular weight is 242 g/mol. The number of ether oxygens (including phenoxy) is 2. The molecule has 2 rings (SSSR count). The lowest BCUT2D eigenvalue weighted by molar-refractivity contribution is -0.135. The number of methoxy groups -OCH3 is 1. The van der Waals surface area contributed by atoms with Crippen LogP contribution in [0.2, 0.25) is 0 Å². The highest BCUT2D eigenvalue weighted by molar-refractivity contribution is 4.91. The van der Waals surface area contributed by atoms with Crippen molar-refractivity contribution in [3.63, 3.8) is 0 Å². The minimum atomic E-state index is -0.211. The molecule has 3 nitrogen and oxygen atoms in total. The lowest BCUT2D eigenvalue weighted by Crippen LogP contribution is -2.44. The maximum atomic E-state index is 10.2. The Morgan fingerprint density at radius 3 is 2.82 bits per heavy atom. The largest absolute Gasteiger partial charge is 0.393 e. The standard InChI is InChI=1S/C14H26O3/c1-16-9-6-13(15)12-5-10-17-14(11-12)7-3-2-4-8-14/h12-13,15H,2-11H2,1H3. The maximum absolute atomic E-state index is 10.2. The third kappa shape index (κ3) is 3.43. The van der Waals surface area contributed by atoms with Crippen LogP contribution >= 0.6 is 0 Å². The molecule has 1 heterocycles. The van der Waals surface area contributed by atoms with Crippen LogP contribution < -0.4 is 0 Å². The van der Waals surface area contributed by atoms with Crippen molar-refractivity contribution in [2.24, 2.45) is 5.92 Å². The average Bonchev–Trinajstić information content (AvgIpc) is 2.37. The highest BCUT2D eigenvalue weighted by Crippen LogP contribution is 2.41. The molecule has 100 valence electrons. The predicted octanol–water partition coefficient (Wildman–Crippen LogP) is 2.51. The van der Waals surface area contributed by atoms with Crippen LogP contribution in [-0.2, 0) is 9.47 Å². The van der Waals surface area contributed by atoms with Gasteiger partial charge in [0, 0.05) is 20.3 Å². The van der Waals surface area contributed by atoms with Crippen LogP contribution in [0.1, 0.15) is 51.4 Å². The molecular weight excluding hydrogens is 216 g/mol. The van der Waals surface area contributed by atoms with E-state index in [1.54, 1.807) is 7.11 Å². The third-order valence-corrected chi connectivity index (χ3v) is 4.46. The summed E-state index contributed by atoms with van der Waals surface area (Å²) in [6.07, 6.45) is 8.93. The molecule has 0 amide bonds. The lowest BCUT2D eigenvalue weighted by atomic mass is 9.74. The van der Waals surface area contributed by atoms with Crippen LogP contribution in [0.5, 0.6) is 0 Å². The Balaban J connectivity index is 1.87. The Labute approximate surface area is 104 Å². The minimum absolute atomic E-state index is 0.106. The monoisotopic (exact) mass is 242 g/mol. The van der Waals surface area contributed by atoms with Gasteiger partial charge in [-0.1, -0.05) is 19.3 Å². The van der Waals surface area contributed by atoms with Gasteiger partial charge in [-0.3, -0.25) is 0 Å². The molecule has 2 aliphatic rings. The molecule has 2 fully saturated rings. The fraction of sp³-hybridized carbons (Fsp3) is 1.00. The number of rotatable bonds is 4. The minimum Gasteiger partial charge on any atom is -0.393 e.